The quantitative estimate of drug-likeness (QED) is 0.665. The van der Waals surface area contributed by atoms with Crippen LogP contribution in [0.2, 0.25) is 0 Å². The third kappa shape index (κ3) is 2.94. The third-order valence-electron chi connectivity index (χ3n) is 4.26. The van der Waals surface area contributed by atoms with E-state index in [0.717, 1.165) is 53.5 Å². The molecule has 1 aromatic rings. The molecule has 0 bridgehead atoms. The van der Waals surface area contributed by atoms with Gasteiger partial charge in [0.2, 0.25) is 0 Å². The molecule has 1 atom stereocenters. The molecule has 1 aromatic heterocycles. The number of methoxy groups -OCH3 is 1. The van der Waals surface area contributed by atoms with E-state index < -0.39 is 0 Å². The number of hydrogen-bond donors (Lipinski definition) is 1. The first-order chi connectivity index (χ1) is 10.2. The maximum absolute atomic E-state index is 12.4. The van der Waals surface area contributed by atoms with Gasteiger partial charge in [-0.25, -0.2) is 0 Å². The number of anilines is 2. The molecule has 1 aliphatic carbocycles. The number of piperidine rings is 1. The molecule has 0 spiro atoms. The number of rotatable bonds is 5. The van der Waals surface area contributed by atoms with E-state index in [4.69, 9.17) is 10.5 Å². The number of carbonyl (C=O) groups is 1. The van der Waals surface area contributed by atoms with Crippen molar-refractivity contribution in [1.82, 2.24) is 0 Å². The minimum Gasteiger partial charge on any atom is -0.396 e. The molecule has 116 valence electrons. The Labute approximate surface area is 134 Å². The van der Waals surface area contributed by atoms with Crippen LogP contribution in [-0.4, -0.2) is 38.3 Å². The Bertz CT molecular complexity index is 540. The number of thiophene rings is 1. The van der Waals surface area contributed by atoms with Crippen molar-refractivity contribution in [2.45, 2.75) is 36.7 Å². The number of ketones is 1. The summed E-state index contributed by atoms with van der Waals surface area (Å²) in [7, 11) is 1.77. The van der Waals surface area contributed by atoms with E-state index in [1.807, 2.05) is 6.26 Å². The Morgan fingerprint density at radius 2 is 2.19 bits per heavy atom. The molecular formula is C15H22N2O2S2. The number of thioether (sulfide) groups is 1. The molecule has 2 aliphatic rings. The van der Waals surface area contributed by atoms with E-state index in [2.05, 4.69) is 4.90 Å². The Hall–Kier alpha value is -0.720. The van der Waals surface area contributed by atoms with Crippen molar-refractivity contribution >= 4 is 39.6 Å². The molecule has 1 unspecified atom stereocenters. The molecule has 1 saturated carbocycles. The van der Waals surface area contributed by atoms with Crippen LogP contribution in [0.25, 0.3) is 0 Å². The first kappa shape index (κ1) is 15.2. The van der Waals surface area contributed by atoms with E-state index >= 15 is 0 Å². The van der Waals surface area contributed by atoms with E-state index in [1.54, 1.807) is 30.2 Å². The zero-order chi connectivity index (χ0) is 15.0. The van der Waals surface area contributed by atoms with Crippen molar-refractivity contribution in [1.29, 1.82) is 0 Å². The van der Waals surface area contributed by atoms with Gasteiger partial charge in [-0.1, -0.05) is 0 Å². The molecule has 6 heteroatoms. The van der Waals surface area contributed by atoms with Crippen molar-refractivity contribution in [3.63, 3.8) is 0 Å². The van der Waals surface area contributed by atoms with Crippen molar-refractivity contribution in [2.24, 2.45) is 5.92 Å². The Morgan fingerprint density at radius 3 is 2.81 bits per heavy atom. The Kier molecular flexibility index (Phi) is 4.47. The summed E-state index contributed by atoms with van der Waals surface area (Å²) in [4.78, 5) is 16.6. The number of ether oxygens (including phenoxy) is 1. The fraction of sp³-hybridized carbons (Fsp3) is 0.667. The highest BCUT2D eigenvalue weighted by Gasteiger charge is 2.35. The van der Waals surface area contributed by atoms with Gasteiger partial charge in [-0.2, -0.15) is 0 Å². The summed E-state index contributed by atoms with van der Waals surface area (Å²) >= 11 is 3.23. The van der Waals surface area contributed by atoms with Crippen LogP contribution >= 0.6 is 23.1 Å². The van der Waals surface area contributed by atoms with Gasteiger partial charge in [0.25, 0.3) is 0 Å². The van der Waals surface area contributed by atoms with Crippen LogP contribution in [0.1, 0.15) is 35.4 Å². The lowest BCUT2D eigenvalue weighted by molar-refractivity contribution is 0.0894. The smallest absolute Gasteiger partial charge is 0.178 e. The first-order valence-corrected chi connectivity index (χ1v) is 9.48. The normalized spacial score (nSPS) is 22.6. The zero-order valence-electron chi connectivity index (χ0n) is 12.6. The number of nitrogens with two attached hydrogens (primary N) is 1. The van der Waals surface area contributed by atoms with Crippen molar-refractivity contribution < 1.29 is 9.53 Å². The van der Waals surface area contributed by atoms with Gasteiger partial charge in [-0.3, -0.25) is 4.79 Å². The molecule has 0 aromatic carbocycles. The van der Waals surface area contributed by atoms with E-state index in [-0.39, 0.29) is 17.8 Å². The minimum absolute atomic E-state index is 0.224. The molecular weight excluding hydrogens is 304 g/mol. The second-order valence-corrected chi connectivity index (χ2v) is 7.58. The van der Waals surface area contributed by atoms with Gasteiger partial charge in [0.1, 0.15) is 5.00 Å². The Balaban J connectivity index is 1.90. The predicted molar refractivity (Wildman–Crippen MR) is 89.8 cm³/mol. The number of Topliss-reactive ketones (excluding diaryl/α,β-unsaturated/α-hetero) is 1. The lowest BCUT2D eigenvalue weighted by Gasteiger charge is -2.33. The van der Waals surface area contributed by atoms with Gasteiger partial charge in [-0.15, -0.1) is 23.1 Å². The average Bonchev–Trinajstić information content (AvgIpc) is 3.30. The van der Waals surface area contributed by atoms with Crippen LogP contribution in [0.3, 0.4) is 0 Å². The molecule has 0 radical (unpaired) electrons. The zero-order valence-corrected chi connectivity index (χ0v) is 14.2. The fourth-order valence-electron chi connectivity index (χ4n) is 2.85. The Morgan fingerprint density at radius 1 is 1.43 bits per heavy atom. The lowest BCUT2D eigenvalue weighted by Crippen LogP contribution is -2.39. The first-order valence-electron chi connectivity index (χ1n) is 7.44. The molecule has 0 amide bonds. The van der Waals surface area contributed by atoms with Crippen LogP contribution in [0, 0.1) is 5.92 Å². The maximum atomic E-state index is 12.4. The molecule has 2 heterocycles. The monoisotopic (exact) mass is 326 g/mol. The second-order valence-electron chi connectivity index (χ2n) is 5.77. The van der Waals surface area contributed by atoms with Crippen molar-refractivity contribution in [3.8, 4) is 0 Å². The standard InChI is InChI=1S/C15H22N2O2S2/c1-19-10-4-3-7-17(8-10)15-14(20-2)11(16)13(21-15)12(18)9-5-6-9/h9-10H,3-8,16H2,1-2H3. The summed E-state index contributed by atoms with van der Waals surface area (Å²) in [6.45, 7) is 1.91. The minimum atomic E-state index is 0.224. The van der Waals surface area contributed by atoms with E-state index in [9.17, 15) is 4.79 Å². The highest BCUT2D eigenvalue weighted by molar-refractivity contribution is 7.99. The number of carbonyl (C=O) groups excluding carboxylic acids is 1. The SMILES string of the molecule is COC1CCCN(c2sc(C(=O)C3CC3)c(N)c2SC)C1. The largest absolute Gasteiger partial charge is 0.396 e. The van der Waals surface area contributed by atoms with Gasteiger partial charge in [0.05, 0.1) is 21.6 Å². The summed E-state index contributed by atoms with van der Waals surface area (Å²) < 4.78 is 5.51. The highest BCUT2D eigenvalue weighted by atomic mass is 32.2. The van der Waals surface area contributed by atoms with Crippen LogP contribution < -0.4 is 10.6 Å². The van der Waals surface area contributed by atoms with Crippen molar-refractivity contribution in [2.75, 3.05) is 37.1 Å². The topological polar surface area (TPSA) is 55.6 Å². The molecule has 1 saturated heterocycles. The summed E-state index contributed by atoms with van der Waals surface area (Å²) in [6.07, 6.45) is 6.59. The van der Waals surface area contributed by atoms with Crippen LogP contribution in [-0.2, 0) is 4.74 Å². The van der Waals surface area contributed by atoms with Crippen LogP contribution in [0.5, 0.6) is 0 Å². The predicted octanol–water partition coefficient (Wildman–Crippen LogP) is 3.26. The van der Waals surface area contributed by atoms with Gasteiger partial charge in [0.15, 0.2) is 5.78 Å². The fourth-order valence-corrected chi connectivity index (χ4v) is 5.09. The van der Waals surface area contributed by atoms with Gasteiger partial charge >= 0.3 is 0 Å². The second kappa shape index (κ2) is 6.18. The van der Waals surface area contributed by atoms with Gasteiger partial charge in [-0.05, 0) is 31.9 Å². The van der Waals surface area contributed by atoms with E-state index in [0.29, 0.717) is 5.69 Å². The van der Waals surface area contributed by atoms with Crippen molar-refractivity contribution in [3.05, 3.63) is 4.88 Å². The maximum Gasteiger partial charge on any atom is 0.178 e. The van der Waals surface area contributed by atoms with Gasteiger partial charge < -0.3 is 15.4 Å². The molecule has 1 aliphatic heterocycles. The number of hydrogen-bond acceptors (Lipinski definition) is 6. The molecule has 2 N–H and O–H groups in total. The summed E-state index contributed by atoms with van der Waals surface area (Å²) in [5.41, 5.74) is 6.96. The molecule has 4 nitrogen and oxygen atoms in total. The summed E-state index contributed by atoms with van der Waals surface area (Å²) in [5.74, 6) is 0.473. The summed E-state index contributed by atoms with van der Waals surface area (Å²) in [6, 6.07) is 0. The average molecular weight is 326 g/mol. The lowest BCUT2D eigenvalue weighted by atomic mass is 10.1. The van der Waals surface area contributed by atoms with Crippen LogP contribution in [0.15, 0.2) is 4.90 Å². The van der Waals surface area contributed by atoms with Gasteiger partial charge in [0, 0.05) is 26.1 Å². The summed E-state index contributed by atoms with van der Waals surface area (Å²) in [5, 5.41) is 1.16. The molecule has 21 heavy (non-hydrogen) atoms. The number of nitrogen functional groups attached to an aromatic ring is 1. The third-order valence-corrected chi connectivity index (χ3v) is 6.49. The number of nitrogens with zero attached hydrogens (tertiary/aromatic N) is 1. The highest BCUT2D eigenvalue weighted by Crippen LogP contribution is 2.47. The van der Waals surface area contributed by atoms with E-state index in [1.165, 1.54) is 0 Å². The molecule has 2 fully saturated rings. The molecule has 3 rings (SSSR count). The van der Waals surface area contributed by atoms with Crippen LogP contribution in [0.4, 0.5) is 10.7 Å².